The molecule has 1 N–H and O–H groups in total. The summed E-state index contributed by atoms with van der Waals surface area (Å²) in [5.41, 5.74) is 0.870. The molecule has 1 saturated heterocycles. The van der Waals surface area contributed by atoms with Gasteiger partial charge in [0.25, 0.3) is 5.91 Å². The molecule has 1 aliphatic rings. The normalized spacial score (nSPS) is 17.7. The minimum Gasteiger partial charge on any atom is -0.872 e. The maximum atomic E-state index is 13.5. The largest absolute Gasteiger partial charge is 0.872 e. The fourth-order valence-corrected chi connectivity index (χ4v) is 4.40. The third-order valence-electron chi connectivity index (χ3n) is 5.97. The van der Waals surface area contributed by atoms with Crippen molar-refractivity contribution in [2.45, 2.75) is 33.2 Å². The predicted octanol–water partition coefficient (Wildman–Crippen LogP) is 1.67. The van der Waals surface area contributed by atoms with Crippen molar-refractivity contribution in [3.05, 3.63) is 64.4 Å². The maximum absolute atomic E-state index is 13.5. The van der Waals surface area contributed by atoms with Crippen LogP contribution in [0.15, 0.2) is 48.3 Å². The quantitative estimate of drug-likeness (QED) is 0.323. The van der Waals surface area contributed by atoms with Crippen molar-refractivity contribution in [2.75, 3.05) is 32.8 Å². The molecule has 0 bridgehead atoms. The second-order valence-electron chi connectivity index (χ2n) is 7.89. The molecule has 0 saturated carbocycles. The molecule has 176 valence electrons. The summed E-state index contributed by atoms with van der Waals surface area (Å²) in [6.45, 7) is 9.77. The Balaban J connectivity index is 2.01. The lowest BCUT2D eigenvalue weighted by Crippen LogP contribution is -3.11. The molecule has 1 aliphatic heterocycles. The first kappa shape index (κ1) is 24.7. The number of halogens is 1. The van der Waals surface area contributed by atoms with Gasteiger partial charge in [-0.25, -0.2) is 0 Å². The Bertz CT molecular complexity index is 1020. The van der Waals surface area contributed by atoms with E-state index < -0.39 is 23.5 Å². The number of ketones is 1. The highest BCUT2D eigenvalue weighted by Gasteiger charge is 2.44. The molecule has 1 unspecified atom stereocenters. The second kappa shape index (κ2) is 11.3. The molecule has 1 fully saturated rings. The molecule has 1 atom stereocenters. The van der Waals surface area contributed by atoms with E-state index in [1.165, 1.54) is 15.9 Å². The number of rotatable bonds is 10. The molecule has 33 heavy (non-hydrogen) atoms. The number of nitrogens with one attached hydrogen (secondary N) is 1. The molecule has 1 aromatic heterocycles. The lowest BCUT2D eigenvalue weighted by atomic mass is 9.96. The molecular formula is C25H30ClN3O4. The second-order valence-corrected chi connectivity index (χ2v) is 8.30. The SMILES string of the molecule is CCOc1ccc(/C([O-])=C2\C(=O)C(=O)N(CCC[NH+](CC)CC)C2c2ccncc2)cc1Cl. The standard InChI is InChI=1S/C25H30ClN3O4/c1-4-28(5-2)14-7-15-29-22(17-10-12-27-13-11-17)21(24(31)25(29)32)23(30)18-8-9-20(33-6-3)19(26)16-18/h8-13,16,22,30H,4-7,14-15H2,1-3H3/b23-21+. The Labute approximate surface area is 199 Å². The molecule has 3 rings (SSSR count). The Morgan fingerprint density at radius 1 is 1.15 bits per heavy atom. The maximum Gasteiger partial charge on any atom is 0.295 e. The predicted molar refractivity (Wildman–Crippen MR) is 125 cm³/mol. The van der Waals surface area contributed by atoms with Gasteiger partial charge >= 0.3 is 0 Å². The zero-order chi connectivity index (χ0) is 24.0. The Hall–Kier alpha value is -2.90. The van der Waals surface area contributed by atoms with Crippen molar-refractivity contribution < 1.29 is 24.3 Å². The molecular weight excluding hydrogens is 442 g/mol. The highest BCUT2D eigenvalue weighted by molar-refractivity contribution is 6.46. The van der Waals surface area contributed by atoms with Gasteiger partial charge < -0.3 is 19.6 Å². The van der Waals surface area contributed by atoms with Crippen LogP contribution < -0.4 is 14.7 Å². The molecule has 0 radical (unpaired) electrons. The number of hydrogen-bond donors (Lipinski definition) is 1. The van der Waals surface area contributed by atoms with Crippen LogP contribution >= 0.6 is 11.6 Å². The number of carbonyl (C=O) groups is 2. The Morgan fingerprint density at radius 3 is 2.45 bits per heavy atom. The van der Waals surface area contributed by atoms with E-state index in [-0.39, 0.29) is 16.2 Å². The lowest BCUT2D eigenvalue weighted by Gasteiger charge is -2.28. The summed E-state index contributed by atoms with van der Waals surface area (Å²) < 4.78 is 5.44. The van der Waals surface area contributed by atoms with Crippen LogP contribution in [0.4, 0.5) is 0 Å². The highest BCUT2D eigenvalue weighted by Crippen LogP contribution is 2.39. The van der Waals surface area contributed by atoms with Crippen LogP contribution in [0, 0.1) is 0 Å². The van der Waals surface area contributed by atoms with E-state index in [9.17, 15) is 14.7 Å². The first-order chi connectivity index (χ1) is 15.9. The number of aromatic nitrogens is 1. The van der Waals surface area contributed by atoms with Crippen molar-refractivity contribution >= 4 is 29.1 Å². The van der Waals surface area contributed by atoms with E-state index in [4.69, 9.17) is 16.3 Å². The van der Waals surface area contributed by atoms with Gasteiger partial charge in [-0.05, 0) is 56.2 Å². The van der Waals surface area contributed by atoms with Crippen LogP contribution in [0.1, 0.15) is 44.4 Å². The van der Waals surface area contributed by atoms with Gasteiger partial charge in [-0.2, -0.15) is 0 Å². The smallest absolute Gasteiger partial charge is 0.295 e. The van der Waals surface area contributed by atoms with Gasteiger partial charge in [0.2, 0.25) is 5.78 Å². The number of ether oxygens (including phenoxy) is 1. The van der Waals surface area contributed by atoms with E-state index in [2.05, 4.69) is 18.8 Å². The summed E-state index contributed by atoms with van der Waals surface area (Å²) in [7, 11) is 0. The number of hydrogen-bond acceptors (Lipinski definition) is 5. The highest BCUT2D eigenvalue weighted by atomic mass is 35.5. The molecule has 2 aromatic rings. The zero-order valence-electron chi connectivity index (χ0n) is 19.3. The number of nitrogens with zero attached hydrogens (tertiary/aromatic N) is 2. The van der Waals surface area contributed by atoms with E-state index in [0.29, 0.717) is 24.5 Å². The average Bonchev–Trinajstić information content (AvgIpc) is 3.08. The molecule has 2 heterocycles. The van der Waals surface area contributed by atoms with Crippen LogP contribution in [0.5, 0.6) is 5.75 Å². The van der Waals surface area contributed by atoms with Gasteiger partial charge in [-0.15, -0.1) is 0 Å². The fraction of sp³-hybridized carbons (Fsp3) is 0.400. The number of carbonyl (C=O) groups excluding carboxylic acids is 2. The Kier molecular flexibility index (Phi) is 8.47. The summed E-state index contributed by atoms with van der Waals surface area (Å²) in [6.07, 6.45) is 3.92. The molecule has 8 heteroatoms. The van der Waals surface area contributed by atoms with Crippen molar-refractivity contribution in [2.24, 2.45) is 0 Å². The fourth-order valence-electron chi connectivity index (χ4n) is 4.17. The van der Waals surface area contributed by atoms with Crippen LogP contribution in [-0.2, 0) is 9.59 Å². The summed E-state index contributed by atoms with van der Waals surface area (Å²) >= 11 is 6.27. The third kappa shape index (κ3) is 5.37. The van der Waals surface area contributed by atoms with E-state index in [1.54, 1.807) is 36.7 Å². The average molecular weight is 472 g/mol. The van der Waals surface area contributed by atoms with Gasteiger partial charge in [0.15, 0.2) is 0 Å². The summed E-state index contributed by atoms with van der Waals surface area (Å²) in [6, 6.07) is 7.37. The topological polar surface area (TPSA) is 87.0 Å². The number of quaternary nitrogens is 1. The summed E-state index contributed by atoms with van der Waals surface area (Å²) in [5.74, 6) is -1.45. The van der Waals surface area contributed by atoms with E-state index >= 15 is 0 Å². The van der Waals surface area contributed by atoms with Gasteiger partial charge in [-0.1, -0.05) is 23.4 Å². The number of pyridine rings is 1. The molecule has 1 aromatic carbocycles. The van der Waals surface area contributed by atoms with Gasteiger partial charge in [0.05, 0.1) is 37.3 Å². The van der Waals surface area contributed by atoms with Crippen molar-refractivity contribution in [1.29, 1.82) is 0 Å². The third-order valence-corrected chi connectivity index (χ3v) is 6.27. The van der Waals surface area contributed by atoms with Crippen LogP contribution in [0.2, 0.25) is 5.02 Å². The van der Waals surface area contributed by atoms with E-state index in [0.717, 1.165) is 26.1 Å². The summed E-state index contributed by atoms with van der Waals surface area (Å²) in [4.78, 5) is 33.0. The molecule has 0 aliphatic carbocycles. The van der Waals surface area contributed by atoms with Crippen LogP contribution in [-0.4, -0.2) is 54.4 Å². The van der Waals surface area contributed by atoms with Crippen molar-refractivity contribution in [3.8, 4) is 5.75 Å². The monoisotopic (exact) mass is 471 g/mol. The number of benzene rings is 1. The van der Waals surface area contributed by atoms with Gasteiger partial charge in [0.1, 0.15) is 5.75 Å². The number of Topliss-reactive ketones (excluding diaryl/α,β-unsaturated/α-hetero) is 1. The first-order valence-electron chi connectivity index (χ1n) is 11.3. The minimum absolute atomic E-state index is 0.0541. The van der Waals surface area contributed by atoms with Crippen LogP contribution in [0.3, 0.4) is 0 Å². The van der Waals surface area contributed by atoms with Gasteiger partial charge in [-0.3, -0.25) is 14.6 Å². The van der Waals surface area contributed by atoms with Crippen molar-refractivity contribution in [3.63, 3.8) is 0 Å². The number of amides is 1. The minimum atomic E-state index is -0.762. The Morgan fingerprint density at radius 2 is 1.85 bits per heavy atom. The van der Waals surface area contributed by atoms with E-state index in [1.807, 2.05) is 6.92 Å². The zero-order valence-corrected chi connectivity index (χ0v) is 20.0. The van der Waals surface area contributed by atoms with Gasteiger partial charge in [0, 0.05) is 30.9 Å². The molecule has 1 amide bonds. The number of likely N-dealkylation sites (tertiary alicyclic amines) is 1. The summed E-state index contributed by atoms with van der Waals surface area (Å²) in [5, 5.41) is 13.7. The lowest BCUT2D eigenvalue weighted by molar-refractivity contribution is -0.896. The van der Waals surface area contributed by atoms with Crippen molar-refractivity contribution in [1.82, 2.24) is 9.88 Å². The van der Waals surface area contributed by atoms with Crippen LogP contribution in [0.25, 0.3) is 5.76 Å². The molecule has 7 nitrogen and oxygen atoms in total. The molecule has 0 spiro atoms. The first-order valence-corrected chi connectivity index (χ1v) is 11.7.